The molecule has 1 amide bonds. The number of carbonyl (C=O) groups is 1. The van der Waals surface area contributed by atoms with Crippen LogP contribution in [-0.4, -0.2) is 30.4 Å². The molecule has 1 fully saturated rings. The van der Waals surface area contributed by atoms with Crippen LogP contribution in [0.4, 0.5) is 0 Å². The molecule has 2 rings (SSSR count). The molecule has 0 saturated heterocycles. The predicted molar refractivity (Wildman–Crippen MR) is 94.7 cm³/mol. The summed E-state index contributed by atoms with van der Waals surface area (Å²) < 4.78 is 1.08. The number of benzene rings is 1. The number of rotatable bonds is 6. The Hall–Kier alpha value is -0.870. The molecule has 0 unspecified atom stereocenters. The maximum Gasteiger partial charge on any atom is 0.237 e. The van der Waals surface area contributed by atoms with E-state index in [2.05, 4.69) is 38.3 Å². The summed E-state index contributed by atoms with van der Waals surface area (Å²) in [6.07, 6.45) is 6.53. The lowest BCUT2D eigenvalue weighted by molar-refractivity contribution is -0.125. The minimum absolute atomic E-state index is 0.104. The number of halogens is 1. The Morgan fingerprint density at radius 2 is 1.91 bits per heavy atom. The third-order valence-corrected chi connectivity index (χ3v) is 5.20. The lowest BCUT2D eigenvalue weighted by Crippen LogP contribution is -2.44. The topological polar surface area (TPSA) is 32.3 Å². The van der Waals surface area contributed by atoms with Crippen molar-refractivity contribution in [3.05, 3.63) is 34.3 Å². The normalized spacial score (nSPS) is 17.5. The van der Waals surface area contributed by atoms with Crippen LogP contribution in [0.15, 0.2) is 28.7 Å². The van der Waals surface area contributed by atoms with Crippen molar-refractivity contribution < 1.29 is 4.79 Å². The molecule has 1 aromatic carbocycles. The Balaban J connectivity index is 1.77. The fraction of sp³-hybridized carbons (Fsp3) is 0.611. The number of nitrogens with zero attached hydrogens (tertiary/aromatic N) is 1. The van der Waals surface area contributed by atoms with Gasteiger partial charge in [0.25, 0.3) is 0 Å². The highest BCUT2D eigenvalue weighted by Gasteiger charge is 2.20. The first kappa shape index (κ1) is 17.5. The van der Waals surface area contributed by atoms with Gasteiger partial charge in [-0.15, -0.1) is 0 Å². The number of nitrogens with one attached hydrogen (secondary N) is 1. The van der Waals surface area contributed by atoms with Gasteiger partial charge in [-0.25, -0.2) is 0 Å². The summed E-state index contributed by atoms with van der Waals surface area (Å²) in [6.45, 7) is 3.61. The molecular weight excluding hydrogens is 340 g/mol. The SMILES string of the molecule is C[C@H](C(=O)NCC1CCCCC1)N(C)Cc1ccc(Br)cc1. The largest absolute Gasteiger partial charge is 0.354 e. The molecule has 122 valence electrons. The first-order valence-electron chi connectivity index (χ1n) is 8.28. The van der Waals surface area contributed by atoms with Gasteiger partial charge in [-0.3, -0.25) is 9.69 Å². The molecule has 0 aliphatic heterocycles. The Bertz CT molecular complexity index is 468. The number of carbonyl (C=O) groups excluding carboxylic acids is 1. The van der Waals surface area contributed by atoms with E-state index >= 15 is 0 Å². The van der Waals surface area contributed by atoms with Crippen LogP contribution in [0.1, 0.15) is 44.6 Å². The van der Waals surface area contributed by atoms with Crippen LogP contribution >= 0.6 is 15.9 Å². The number of hydrogen-bond acceptors (Lipinski definition) is 2. The maximum atomic E-state index is 12.3. The van der Waals surface area contributed by atoms with Crippen LogP contribution in [0.5, 0.6) is 0 Å². The molecule has 3 nitrogen and oxygen atoms in total. The summed E-state index contributed by atoms with van der Waals surface area (Å²) in [5.74, 6) is 0.826. The molecule has 0 spiro atoms. The Morgan fingerprint density at radius 1 is 1.27 bits per heavy atom. The number of amides is 1. The highest BCUT2D eigenvalue weighted by Crippen LogP contribution is 2.22. The molecule has 1 aliphatic rings. The van der Waals surface area contributed by atoms with Crippen molar-refractivity contribution in [2.45, 2.75) is 51.6 Å². The molecule has 0 heterocycles. The zero-order valence-electron chi connectivity index (χ0n) is 13.6. The second kappa shape index (κ2) is 8.68. The second-order valence-corrected chi connectivity index (χ2v) is 7.38. The summed E-state index contributed by atoms with van der Waals surface area (Å²) in [5, 5.41) is 3.14. The summed E-state index contributed by atoms with van der Waals surface area (Å²) in [4.78, 5) is 14.4. The van der Waals surface area contributed by atoms with Gasteiger partial charge < -0.3 is 5.32 Å². The van der Waals surface area contributed by atoms with Gasteiger partial charge in [-0.2, -0.15) is 0 Å². The van der Waals surface area contributed by atoms with E-state index < -0.39 is 0 Å². The third kappa shape index (κ3) is 5.40. The van der Waals surface area contributed by atoms with E-state index in [4.69, 9.17) is 0 Å². The van der Waals surface area contributed by atoms with Crippen molar-refractivity contribution in [1.29, 1.82) is 0 Å². The van der Waals surface area contributed by atoms with Gasteiger partial charge in [0.15, 0.2) is 0 Å². The average Bonchev–Trinajstić information content (AvgIpc) is 2.55. The van der Waals surface area contributed by atoms with Crippen molar-refractivity contribution in [2.24, 2.45) is 5.92 Å². The van der Waals surface area contributed by atoms with Crippen LogP contribution < -0.4 is 5.32 Å². The number of likely N-dealkylation sites (N-methyl/N-ethyl adjacent to an activating group) is 1. The quantitative estimate of drug-likeness (QED) is 0.825. The molecule has 22 heavy (non-hydrogen) atoms. The van der Waals surface area contributed by atoms with E-state index in [0.29, 0.717) is 5.92 Å². The first-order valence-corrected chi connectivity index (χ1v) is 9.08. The second-order valence-electron chi connectivity index (χ2n) is 6.47. The molecular formula is C18H27BrN2O. The van der Waals surface area contributed by atoms with Crippen molar-refractivity contribution in [1.82, 2.24) is 10.2 Å². The zero-order valence-corrected chi connectivity index (χ0v) is 15.2. The smallest absolute Gasteiger partial charge is 0.237 e. The van der Waals surface area contributed by atoms with Crippen LogP contribution in [0.2, 0.25) is 0 Å². The number of hydrogen-bond donors (Lipinski definition) is 1. The van der Waals surface area contributed by atoms with E-state index in [9.17, 15) is 4.79 Å². The minimum Gasteiger partial charge on any atom is -0.354 e. The van der Waals surface area contributed by atoms with Gasteiger partial charge in [-0.05, 0) is 50.4 Å². The minimum atomic E-state index is -0.104. The maximum absolute atomic E-state index is 12.3. The van der Waals surface area contributed by atoms with Crippen LogP contribution in [0.3, 0.4) is 0 Å². The fourth-order valence-electron chi connectivity index (χ4n) is 3.00. The molecule has 1 saturated carbocycles. The van der Waals surface area contributed by atoms with E-state index in [0.717, 1.165) is 17.6 Å². The monoisotopic (exact) mass is 366 g/mol. The van der Waals surface area contributed by atoms with Gasteiger partial charge in [0.2, 0.25) is 5.91 Å². The molecule has 1 atom stereocenters. The van der Waals surface area contributed by atoms with E-state index in [1.54, 1.807) is 0 Å². The lowest BCUT2D eigenvalue weighted by Gasteiger charge is -2.26. The standard InChI is InChI=1S/C18H27BrN2O/c1-14(18(22)20-12-15-6-4-3-5-7-15)21(2)13-16-8-10-17(19)11-9-16/h8-11,14-15H,3-7,12-13H2,1-2H3,(H,20,22)/t14-/m1/s1. The van der Waals surface area contributed by atoms with Gasteiger partial charge in [0.1, 0.15) is 0 Å². The Kier molecular flexibility index (Phi) is 6.90. The van der Waals surface area contributed by atoms with E-state index in [1.165, 1.54) is 37.7 Å². The van der Waals surface area contributed by atoms with Gasteiger partial charge >= 0.3 is 0 Å². The summed E-state index contributed by atoms with van der Waals surface area (Å²) in [6, 6.07) is 8.15. The summed E-state index contributed by atoms with van der Waals surface area (Å²) in [5.41, 5.74) is 1.22. The average molecular weight is 367 g/mol. The van der Waals surface area contributed by atoms with Crippen molar-refractivity contribution in [3.63, 3.8) is 0 Å². The van der Waals surface area contributed by atoms with Crippen molar-refractivity contribution in [2.75, 3.05) is 13.6 Å². The molecule has 1 N–H and O–H groups in total. The van der Waals surface area contributed by atoms with Crippen molar-refractivity contribution >= 4 is 21.8 Å². The lowest BCUT2D eigenvalue weighted by atomic mass is 9.89. The van der Waals surface area contributed by atoms with Crippen molar-refractivity contribution in [3.8, 4) is 0 Å². The van der Waals surface area contributed by atoms with Crippen LogP contribution in [-0.2, 0) is 11.3 Å². The summed E-state index contributed by atoms with van der Waals surface area (Å²) in [7, 11) is 2.01. The molecule has 0 aromatic heterocycles. The van der Waals surface area contributed by atoms with E-state index in [-0.39, 0.29) is 11.9 Å². The molecule has 1 aliphatic carbocycles. The zero-order chi connectivity index (χ0) is 15.9. The predicted octanol–water partition coefficient (Wildman–Crippen LogP) is 3.97. The molecule has 1 aromatic rings. The first-order chi connectivity index (χ1) is 10.6. The highest BCUT2D eigenvalue weighted by atomic mass is 79.9. The molecule has 4 heteroatoms. The summed E-state index contributed by atoms with van der Waals surface area (Å²) >= 11 is 3.44. The highest BCUT2D eigenvalue weighted by molar-refractivity contribution is 9.10. The van der Waals surface area contributed by atoms with Gasteiger partial charge in [-0.1, -0.05) is 47.3 Å². The van der Waals surface area contributed by atoms with Crippen LogP contribution in [0, 0.1) is 5.92 Å². The van der Waals surface area contributed by atoms with E-state index in [1.807, 2.05) is 26.1 Å². The molecule has 0 radical (unpaired) electrons. The molecule has 0 bridgehead atoms. The Labute approximate surface area is 142 Å². The fourth-order valence-corrected chi connectivity index (χ4v) is 3.26. The Morgan fingerprint density at radius 3 is 2.55 bits per heavy atom. The van der Waals surface area contributed by atoms with Crippen LogP contribution in [0.25, 0.3) is 0 Å². The third-order valence-electron chi connectivity index (χ3n) is 4.68. The van der Waals surface area contributed by atoms with Gasteiger partial charge in [0.05, 0.1) is 6.04 Å². The van der Waals surface area contributed by atoms with Gasteiger partial charge in [0, 0.05) is 17.6 Å².